The standard InChI is InChI=1S/C9H18F3NO2/c1-2-15-8(7-13)3-5-14-6-4-9(10,11)12/h8H,2-7,13H2,1H3. The van der Waals surface area contributed by atoms with Gasteiger partial charge in [-0.15, -0.1) is 0 Å². The van der Waals surface area contributed by atoms with E-state index in [9.17, 15) is 13.2 Å². The molecule has 0 rings (SSSR count). The van der Waals surface area contributed by atoms with E-state index < -0.39 is 12.6 Å². The highest BCUT2D eigenvalue weighted by atomic mass is 19.4. The second kappa shape index (κ2) is 7.90. The monoisotopic (exact) mass is 229 g/mol. The molecule has 0 fully saturated rings. The molecule has 0 bridgehead atoms. The third-order valence-corrected chi connectivity index (χ3v) is 1.78. The first kappa shape index (κ1) is 14.7. The molecule has 0 aliphatic rings. The Morgan fingerprint density at radius 2 is 1.93 bits per heavy atom. The van der Waals surface area contributed by atoms with E-state index in [0.29, 0.717) is 19.6 Å². The van der Waals surface area contributed by atoms with Crippen molar-refractivity contribution >= 4 is 0 Å². The number of hydrogen-bond donors (Lipinski definition) is 1. The molecule has 0 saturated carbocycles. The normalized spacial score (nSPS) is 14.2. The van der Waals surface area contributed by atoms with Crippen LogP contribution in [-0.2, 0) is 9.47 Å². The van der Waals surface area contributed by atoms with Crippen molar-refractivity contribution < 1.29 is 22.6 Å². The van der Waals surface area contributed by atoms with Gasteiger partial charge in [-0.05, 0) is 13.3 Å². The Hall–Kier alpha value is -0.330. The van der Waals surface area contributed by atoms with E-state index in [1.54, 1.807) is 0 Å². The van der Waals surface area contributed by atoms with Crippen LogP contribution >= 0.6 is 0 Å². The summed E-state index contributed by atoms with van der Waals surface area (Å²) in [5.74, 6) is 0. The summed E-state index contributed by atoms with van der Waals surface area (Å²) in [7, 11) is 0. The maximum Gasteiger partial charge on any atom is 0.391 e. The fourth-order valence-corrected chi connectivity index (χ4v) is 1.01. The Morgan fingerprint density at radius 1 is 1.27 bits per heavy atom. The number of rotatable bonds is 8. The fourth-order valence-electron chi connectivity index (χ4n) is 1.01. The Balaban J connectivity index is 3.36. The van der Waals surface area contributed by atoms with Crippen molar-refractivity contribution in [3.05, 3.63) is 0 Å². The highest BCUT2D eigenvalue weighted by Gasteiger charge is 2.26. The van der Waals surface area contributed by atoms with Crippen LogP contribution in [0.15, 0.2) is 0 Å². The number of halogens is 3. The molecule has 0 aromatic rings. The van der Waals surface area contributed by atoms with Gasteiger partial charge in [0.1, 0.15) is 0 Å². The average molecular weight is 229 g/mol. The molecule has 0 heterocycles. The van der Waals surface area contributed by atoms with Gasteiger partial charge in [0.25, 0.3) is 0 Å². The molecule has 0 amide bonds. The van der Waals surface area contributed by atoms with Crippen molar-refractivity contribution in [2.45, 2.75) is 32.0 Å². The summed E-state index contributed by atoms with van der Waals surface area (Å²) in [5.41, 5.74) is 5.38. The molecular formula is C9H18F3NO2. The molecule has 15 heavy (non-hydrogen) atoms. The second-order valence-electron chi connectivity index (χ2n) is 3.08. The highest BCUT2D eigenvalue weighted by molar-refractivity contribution is 4.57. The molecule has 2 N–H and O–H groups in total. The molecule has 0 aliphatic heterocycles. The van der Waals surface area contributed by atoms with Gasteiger partial charge in [-0.25, -0.2) is 0 Å². The summed E-state index contributed by atoms with van der Waals surface area (Å²) >= 11 is 0. The molecule has 0 saturated heterocycles. The Labute approximate surface area is 87.7 Å². The summed E-state index contributed by atoms with van der Waals surface area (Å²) in [5, 5.41) is 0. The molecule has 3 nitrogen and oxygen atoms in total. The molecule has 0 aromatic carbocycles. The predicted octanol–water partition coefficient (Wildman–Crippen LogP) is 1.71. The SMILES string of the molecule is CCOC(CN)CCOCCC(F)(F)F. The van der Waals surface area contributed by atoms with Crippen LogP contribution in [0, 0.1) is 0 Å². The van der Waals surface area contributed by atoms with Crippen LogP contribution in [0.5, 0.6) is 0 Å². The highest BCUT2D eigenvalue weighted by Crippen LogP contribution is 2.18. The molecule has 0 aliphatic carbocycles. The summed E-state index contributed by atoms with van der Waals surface area (Å²) in [6, 6.07) is 0. The topological polar surface area (TPSA) is 44.5 Å². The van der Waals surface area contributed by atoms with Gasteiger partial charge in [0.05, 0.1) is 19.1 Å². The molecule has 6 heteroatoms. The Bertz CT molecular complexity index is 153. The van der Waals surface area contributed by atoms with Gasteiger partial charge in [-0.3, -0.25) is 0 Å². The zero-order chi connectivity index (χ0) is 11.7. The van der Waals surface area contributed by atoms with Gasteiger partial charge >= 0.3 is 6.18 Å². The summed E-state index contributed by atoms with van der Waals surface area (Å²) in [6.45, 7) is 2.69. The molecule has 0 spiro atoms. The van der Waals surface area contributed by atoms with Crippen molar-refractivity contribution in [3.63, 3.8) is 0 Å². The minimum absolute atomic E-state index is 0.124. The van der Waals surface area contributed by atoms with Crippen LogP contribution in [0.2, 0.25) is 0 Å². The fraction of sp³-hybridized carbons (Fsp3) is 1.00. The molecule has 92 valence electrons. The second-order valence-corrected chi connectivity index (χ2v) is 3.08. The summed E-state index contributed by atoms with van der Waals surface area (Å²) in [4.78, 5) is 0. The Kier molecular flexibility index (Phi) is 7.72. The maximum atomic E-state index is 11.7. The van der Waals surface area contributed by atoms with Crippen molar-refractivity contribution in [1.29, 1.82) is 0 Å². The summed E-state index contributed by atoms with van der Waals surface area (Å²) < 4.78 is 45.2. The lowest BCUT2D eigenvalue weighted by molar-refractivity contribution is -0.145. The zero-order valence-electron chi connectivity index (χ0n) is 8.85. The molecule has 0 aromatic heterocycles. The van der Waals surface area contributed by atoms with Gasteiger partial charge in [-0.2, -0.15) is 13.2 Å². The van der Waals surface area contributed by atoms with Gasteiger partial charge in [0.2, 0.25) is 0 Å². The first-order valence-corrected chi connectivity index (χ1v) is 4.95. The lowest BCUT2D eigenvalue weighted by Gasteiger charge is -2.14. The van der Waals surface area contributed by atoms with Crippen LogP contribution in [-0.4, -0.2) is 38.6 Å². The van der Waals surface area contributed by atoms with Crippen LogP contribution in [0.25, 0.3) is 0 Å². The third kappa shape index (κ3) is 9.96. The van der Waals surface area contributed by atoms with Crippen molar-refractivity contribution in [2.75, 3.05) is 26.4 Å². The number of ether oxygens (including phenoxy) is 2. The number of nitrogens with two attached hydrogens (primary N) is 1. The minimum Gasteiger partial charge on any atom is -0.381 e. The molecule has 0 radical (unpaired) electrons. The lowest BCUT2D eigenvalue weighted by Crippen LogP contribution is -2.25. The van der Waals surface area contributed by atoms with Crippen LogP contribution in [0.1, 0.15) is 19.8 Å². The number of alkyl halides is 3. The van der Waals surface area contributed by atoms with E-state index >= 15 is 0 Å². The van der Waals surface area contributed by atoms with E-state index in [2.05, 4.69) is 0 Å². The largest absolute Gasteiger partial charge is 0.391 e. The van der Waals surface area contributed by atoms with E-state index in [1.165, 1.54) is 0 Å². The average Bonchev–Trinajstić information content (AvgIpc) is 2.14. The number of hydrogen-bond acceptors (Lipinski definition) is 3. The van der Waals surface area contributed by atoms with Crippen molar-refractivity contribution in [1.82, 2.24) is 0 Å². The van der Waals surface area contributed by atoms with Gasteiger partial charge in [0.15, 0.2) is 0 Å². The van der Waals surface area contributed by atoms with Crippen LogP contribution in [0.3, 0.4) is 0 Å². The van der Waals surface area contributed by atoms with Gasteiger partial charge < -0.3 is 15.2 Å². The summed E-state index contributed by atoms with van der Waals surface area (Å²) in [6.07, 6.45) is -4.65. The zero-order valence-corrected chi connectivity index (χ0v) is 8.85. The van der Waals surface area contributed by atoms with Crippen molar-refractivity contribution in [2.24, 2.45) is 5.73 Å². The first-order valence-electron chi connectivity index (χ1n) is 4.95. The van der Waals surface area contributed by atoms with E-state index in [1.807, 2.05) is 6.92 Å². The maximum absolute atomic E-state index is 11.7. The van der Waals surface area contributed by atoms with E-state index in [4.69, 9.17) is 15.2 Å². The van der Waals surface area contributed by atoms with Crippen LogP contribution in [0.4, 0.5) is 13.2 Å². The lowest BCUT2D eigenvalue weighted by atomic mass is 10.2. The molecule has 1 unspecified atom stereocenters. The van der Waals surface area contributed by atoms with E-state index in [0.717, 1.165) is 0 Å². The minimum atomic E-state index is -4.15. The predicted molar refractivity (Wildman–Crippen MR) is 50.6 cm³/mol. The molecule has 1 atom stereocenters. The van der Waals surface area contributed by atoms with Gasteiger partial charge in [-0.1, -0.05) is 0 Å². The smallest absolute Gasteiger partial charge is 0.381 e. The van der Waals surface area contributed by atoms with E-state index in [-0.39, 0.29) is 19.3 Å². The van der Waals surface area contributed by atoms with Crippen LogP contribution < -0.4 is 5.73 Å². The first-order chi connectivity index (χ1) is 6.99. The van der Waals surface area contributed by atoms with Gasteiger partial charge in [0, 0.05) is 19.8 Å². The third-order valence-electron chi connectivity index (χ3n) is 1.78. The quantitative estimate of drug-likeness (QED) is 0.644. The van der Waals surface area contributed by atoms with Crippen molar-refractivity contribution in [3.8, 4) is 0 Å². The Morgan fingerprint density at radius 3 is 2.40 bits per heavy atom. The molecular weight excluding hydrogens is 211 g/mol.